The van der Waals surface area contributed by atoms with Gasteiger partial charge in [-0.1, -0.05) is 28.1 Å². The summed E-state index contributed by atoms with van der Waals surface area (Å²) >= 11 is 3.50. The number of hydrogen-bond donors (Lipinski definition) is 1. The first-order valence-corrected chi connectivity index (χ1v) is 9.58. The van der Waals surface area contributed by atoms with Crippen LogP contribution in [-0.4, -0.2) is 78.3 Å². The lowest BCUT2D eigenvalue weighted by Crippen LogP contribution is -2.53. The fraction of sp³-hybridized carbons (Fsp3) is 0.667. The van der Waals surface area contributed by atoms with Crippen LogP contribution in [0.5, 0.6) is 0 Å². The summed E-state index contributed by atoms with van der Waals surface area (Å²) < 4.78 is 1.15. The molecule has 4 nitrogen and oxygen atoms in total. The van der Waals surface area contributed by atoms with Gasteiger partial charge in [-0.2, -0.15) is 0 Å². The number of hydrogen-bond acceptors (Lipinski definition) is 4. The molecule has 5 heteroatoms. The molecule has 2 fully saturated rings. The van der Waals surface area contributed by atoms with Gasteiger partial charge in [0.2, 0.25) is 0 Å². The highest BCUT2D eigenvalue weighted by Gasteiger charge is 2.27. The van der Waals surface area contributed by atoms with Gasteiger partial charge in [-0.05, 0) is 43.6 Å². The molecule has 2 saturated heterocycles. The van der Waals surface area contributed by atoms with Crippen LogP contribution in [-0.2, 0) is 6.54 Å². The third kappa shape index (κ3) is 5.00. The van der Waals surface area contributed by atoms with Gasteiger partial charge in [0.25, 0.3) is 0 Å². The molecule has 1 aromatic carbocycles. The van der Waals surface area contributed by atoms with E-state index in [1.807, 2.05) is 0 Å². The summed E-state index contributed by atoms with van der Waals surface area (Å²) in [5, 5.41) is 9.04. The molecule has 0 bridgehead atoms. The minimum absolute atomic E-state index is 0.286. The molecule has 2 aliphatic heterocycles. The molecule has 0 atom stereocenters. The second-order valence-corrected chi connectivity index (χ2v) is 7.65. The summed E-state index contributed by atoms with van der Waals surface area (Å²) in [6.07, 6.45) is 2.58. The van der Waals surface area contributed by atoms with Crippen molar-refractivity contribution in [2.45, 2.75) is 25.4 Å². The van der Waals surface area contributed by atoms with Crippen LogP contribution in [0.25, 0.3) is 0 Å². The Hall–Kier alpha value is -0.460. The van der Waals surface area contributed by atoms with E-state index in [9.17, 15) is 0 Å². The minimum Gasteiger partial charge on any atom is -0.395 e. The van der Waals surface area contributed by atoms with Crippen molar-refractivity contribution in [2.75, 3.05) is 52.4 Å². The number of aliphatic hydroxyl groups is 1. The SMILES string of the molecule is OCCN1CCN(C2CCN(Cc3ccc(Br)cc3)CC2)CC1. The molecule has 0 aliphatic carbocycles. The Morgan fingerprint density at radius 2 is 1.57 bits per heavy atom. The summed E-state index contributed by atoms with van der Waals surface area (Å²) in [7, 11) is 0. The lowest BCUT2D eigenvalue weighted by Gasteiger charge is -2.42. The van der Waals surface area contributed by atoms with Crippen molar-refractivity contribution >= 4 is 15.9 Å². The van der Waals surface area contributed by atoms with E-state index in [1.54, 1.807) is 0 Å². The van der Waals surface area contributed by atoms with Gasteiger partial charge in [-0.3, -0.25) is 14.7 Å². The third-order valence-electron chi connectivity index (χ3n) is 5.22. The maximum Gasteiger partial charge on any atom is 0.0558 e. The molecule has 1 N–H and O–H groups in total. The predicted molar refractivity (Wildman–Crippen MR) is 97.5 cm³/mol. The Morgan fingerprint density at radius 1 is 0.913 bits per heavy atom. The number of β-amino-alcohol motifs (C(OH)–C–C–N with tert-alkyl or cyclic N) is 1. The zero-order valence-corrected chi connectivity index (χ0v) is 15.4. The lowest BCUT2D eigenvalue weighted by atomic mass is 10.0. The average Bonchev–Trinajstić information content (AvgIpc) is 2.59. The van der Waals surface area contributed by atoms with Crippen LogP contribution in [0.15, 0.2) is 28.7 Å². The summed E-state index contributed by atoms with van der Waals surface area (Å²) in [5.74, 6) is 0. The van der Waals surface area contributed by atoms with Gasteiger partial charge in [-0.25, -0.2) is 0 Å². The largest absolute Gasteiger partial charge is 0.395 e. The summed E-state index contributed by atoms with van der Waals surface area (Å²) in [6.45, 7) is 9.15. The summed E-state index contributed by atoms with van der Waals surface area (Å²) in [6, 6.07) is 9.46. The summed E-state index contributed by atoms with van der Waals surface area (Å²) in [5.41, 5.74) is 1.41. The van der Waals surface area contributed by atoms with E-state index >= 15 is 0 Å². The number of piperazine rings is 1. The van der Waals surface area contributed by atoms with Crippen LogP contribution in [0.1, 0.15) is 18.4 Å². The van der Waals surface area contributed by atoms with Crippen LogP contribution in [0.3, 0.4) is 0 Å². The van der Waals surface area contributed by atoms with Crippen LogP contribution in [0, 0.1) is 0 Å². The van der Waals surface area contributed by atoms with Crippen molar-refractivity contribution in [3.05, 3.63) is 34.3 Å². The number of rotatable bonds is 5. The van der Waals surface area contributed by atoms with E-state index < -0.39 is 0 Å². The molecule has 3 rings (SSSR count). The highest BCUT2D eigenvalue weighted by molar-refractivity contribution is 9.10. The molecule has 128 valence electrons. The number of benzene rings is 1. The van der Waals surface area contributed by atoms with Gasteiger partial charge in [-0.15, -0.1) is 0 Å². The lowest BCUT2D eigenvalue weighted by molar-refractivity contribution is 0.0516. The first kappa shape index (κ1) is 17.4. The topological polar surface area (TPSA) is 30.0 Å². The number of halogens is 1. The molecule has 0 saturated carbocycles. The van der Waals surface area contributed by atoms with Crippen molar-refractivity contribution < 1.29 is 5.11 Å². The van der Waals surface area contributed by atoms with Crippen molar-refractivity contribution in [2.24, 2.45) is 0 Å². The van der Waals surface area contributed by atoms with E-state index in [-0.39, 0.29) is 6.61 Å². The Kier molecular flexibility index (Phi) is 6.48. The highest BCUT2D eigenvalue weighted by atomic mass is 79.9. The molecule has 2 aliphatic rings. The molecule has 23 heavy (non-hydrogen) atoms. The standard InChI is InChI=1S/C18H28BrN3O/c19-17-3-1-16(2-4-17)15-21-7-5-18(6-8-21)22-11-9-20(10-12-22)13-14-23/h1-4,18,23H,5-15H2. The first-order valence-electron chi connectivity index (χ1n) is 8.78. The molecule has 0 spiro atoms. The molecule has 2 heterocycles. The van der Waals surface area contributed by atoms with Crippen molar-refractivity contribution in [1.29, 1.82) is 0 Å². The second kappa shape index (κ2) is 8.58. The molecular weight excluding hydrogens is 354 g/mol. The van der Waals surface area contributed by atoms with E-state index in [0.29, 0.717) is 0 Å². The van der Waals surface area contributed by atoms with E-state index in [0.717, 1.165) is 49.8 Å². The number of nitrogens with zero attached hydrogens (tertiary/aromatic N) is 3. The van der Waals surface area contributed by atoms with Crippen LogP contribution < -0.4 is 0 Å². The normalized spacial score (nSPS) is 22.5. The number of piperidine rings is 1. The fourth-order valence-corrected chi connectivity index (χ4v) is 4.05. The van der Waals surface area contributed by atoms with Crippen LogP contribution in [0.2, 0.25) is 0 Å². The maximum atomic E-state index is 9.04. The molecular formula is C18H28BrN3O. The first-order chi connectivity index (χ1) is 11.2. The smallest absolute Gasteiger partial charge is 0.0558 e. The molecule has 0 amide bonds. The number of aliphatic hydroxyl groups excluding tert-OH is 1. The number of likely N-dealkylation sites (tertiary alicyclic amines) is 1. The van der Waals surface area contributed by atoms with Gasteiger partial charge in [0, 0.05) is 49.8 Å². The van der Waals surface area contributed by atoms with Crippen LogP contribution >= 0.6 is 15.9 Å². The predicted octanol–water partition coefficient (Wildman–Crippen LogP) is 2.02. The average molecular weight is 382 g/mol. The van der Waals surface area contributed by atoms with Gasteiger partial charge >= 0.3 is 0 Å². The van der Waals surface area contributed by atoms with Crippen molar-refractivity contribution in [3.8, 4) is 0 Å². The Bertz CT molecular complexity index is 466. The van der Waals surface area contributed by atoms with E-state index in [1.165, 1.54) is 31.5 Å². The molecule has 0 aromatic heterocycles. The van der Waals surface area contributed by atoms with Crippen molar-refractivity contribution in [3.63, 3.8) is 0 Å². The molecule has 1 aromatic rings. The molecule has 0 unspecified atom stereocenters. The van der Waals surface area contributed by atoms with Crippen molar-refractivity contribution in [1.82, 2.24) is 14.7 Å². The second-order valence-electron chi connectivity index (χ2n) is 6.74. The maximum absolute atomic E-state index is 9.04. The minimum atomic E-state index is 0.286. The quantitative estimate of drug-likeness (QED) is 0.844. The van der Waals surface area contributed by atoms with E-state index in [2.05, 4.69) is 54.9 Å². The third-order valence-corrected chi connectivity index (χ3v) is 5.74. The van der Waals surface area contributed by atoms with E-state index in [4.69, 9.17) is 5.11 Å². The Labute approximate surface area is 148 Å². The fourth-order valence-electron chi connectivity index (χ4n) is 3.78. The molecule has 0 radical (unpaired) electrons. The zero-order valence-electron chi connectivity index (χ0n) is 13.8. The van der Waals surface area contributed by atoms with Crippen LogP contribution in [0.4, 0.5) is 0 Å². The monoisotopic (exact) mass is 381 g/mol. The Balaban J connectivity index is 1.41. The Morgan fingerprint density at radius 3 is 2.17 bits per heavy atom. The van der Waals surface area contributed by atoms with Gasteiger partial charge in [0.05, 0.1) is 6.61 Å². The highest BCUT2D eigenvalue weighted by Crippen LogP contribution is 2.20. The summed E-state index contributed by atoms with van der Waals surface area (Å²) in [4.78, 5) is 7.63. The van der Waals surface area contributed by atoms with Gasteiger partial charge < -0.3 is 5.11 Å². The van der Waals surface area contributed by atoms with Gasteiger partial charge in [0.1, 0.15) is 0 Å². The van der Waals surface area contributed by atoms with Gasteiger partial charge in [0.15, 0.2) is 0 Å². The zero-order chi connectivity index (χ0) is 16.1.